The van der Waals surface area contributed by atoms with E-state index >= 15 is 0 Å². The van der Waals surface area contributed by atoms with Crippen LogP contribution in [0.1, 0.15) is 33.3 Å². The van der Waals surface area contributed by atoms with Gasteiger partial charge in [-0.05, 0) is 24.1 Å². The summed E-state index contributed by atoms with van der Waals surface area (Å²) < 4.78 is 0. The topological polar surface area (TPSA) is 49.3 Å². The monoisotopic (exact) mass is 249 g/mol. The molecule has 0 saturated heterocycles. The molecule has 0 aliphatic rings. The lowest BCUT2D eigenvalue weighted by atomic mass is 9.95. The molecule has 0 amide bonds. The molecule has 0 heterocycles. The molecule has 3 nitrogen and oxygen atoms in total. The minimum atomic E-state index is -0.158. The second kappa shape index (κ2) is 6.55. The molecule has 0 saturated carbocycles. The van der Waals surface area contributed by atoms with E-state index in [1.807, 2.05) is 39.8 Å². The van der Waals surface area contributed by atoms with Crippen LogP contribution in [0.5, 0.6) is 5.75 Å². The lowest BCUT2D eigenvalue weighted by molar-refractivity contribution is -0.124. The van der Waals surface area contributed by atoms with E-state index in [2.05, 4.69) is 5.32 Å². The van der Waals surface area contributed by atoms with Crippen LogP contribution in [-0.4, -0.2) is 23.0 Å². The number of carbonyl (C=O) groups is 1. The Bertz CT molecular complexity index is 382. The fourth-order valence-electron chi connectivity index (χ4n) is 1.91. The van der Waals surface area contributed by atoms with Gasteiger partial charge in [0.05, 0.1) is 6.04 Å². The summed E-state index contributed by atoms with van der Waals surface area (Å²) in [6.45, 7) is 7.93. The summed E-state index contributed by atoms with van der Waals surface area (Å²) in [5, 5.41) is 12.6. The van der Waals surface area contributed by atoms with Gasteiger partial charge >= 0.3 is 0 Å². The number of Topliss-reactive ketones (excluding diaryl/α,β-unsaturated/α-hetero) is 1. The Morgan fingerprint density at radius 1 is 1.17 bits per heavy atom. The Hall–Kier alpha value is -1.35. The van der Waals surface area contributed by atoms with Gasteiger partial charge in [-0.1, -0.05) is 39.8 Å². The van der Waals surface area contributed by atoms with Crippen LogP contribution in [0.2, 0.25) is 0 Å². The van der Waals surface area contributed by atoms with Crippen molar-refractivity contribution in [2.75, 3.05) is 0 Å². The smallest absolute Gasteiger partial charge is 0.152 e. The maximum atomic E-state index is 12.1. The van der Waals surface area contributed by atoms with Crippen molar-refractivity contribution < 1.29 is 9.90 Å². The highest BCUT2D eigenvalue weighted by molar-refractivity contribution is 5.86. The molecule has 0 aliphatic heterocycles. The van der Waals surface area contributed by atoms with Gasteiger partial charge in [0.1, 0.15) is 5.75 Å². The van der Waals surface area contributed by atoms with Gasteiger partial charge in [-0.2, -0.15) is 0 Å². The van der Waals surface area contributed by atoms with E-state index in [0.717, 1.165) is 5.56 Å². The molecule has 1 aromatic carbocycles. The fraction of sp³-hybridized carbons (Fsp3) is 0.533. The average molecular weight is 249 g/mol. The summed E-state index contributed by atoms with van der Waals surface area (Å²) in [4.78, 5) is 12.1. The van der Waals surface area contributed by atoms with Crippen LogP contribution in [-0.2, 0) is 11.2 Å². The van der Waals surface area contributed by atoms with Crippen molar-refractivity contribution in [1.29, 1.82) is 0 Å². The van der Waals surface area contributed by atoms with E-state index in [0.29, 0.717) is 6.42 Å². The summed E-state index contributed by atoms with van der Waals surface area (Å²) in [6.07, 6.45) is 0.662. The van der Waals surface area contributed by atoms with Crippen molar-refractivity contribution in [2.24, 2.45) is 5.92 Å². The zero-order chi connectivity index (χ0) is 13.7. The number of phenolic OH excluding ortho intramolecular Hbond substituents is 1. The van der Waals surface area contributed by atoms with Gasteiger partial charge in [-0.25, -0.2) is 0 Å². The summed E-state index contributed by atoms with van der Waals surface area (Å²) in [5.74, 6) is 0.512. The number of carbonyl (C=O) groups excluding carboxylic acids is 1. The van der Waals surface area contributed by atoms with Crippen molar-refractivity contribution in [3.05, 3.63) is 29.8 Å². The van der Waals surface area contributed by atoms with Crippen LogP contribution >= 0.6 is 0 Å². The van der Waals surface area contributed by atoms with Crippen LogP contribution < -0.4 is 5.32 Å². The number of hydrogen-bond acceptors (Lipinski definition) is 3. The highest BCUT2D eigenvalue weighted by Crippen LogP contribution is 2.13. The Balaban J connectivity index is 2.77. The van der Waals surface area contributed by atoms with Crippen LogP contribution in [0.4, 0.5) is 0 Å². The molecule has 1 unspecified atom stereocenters. The van der Waals surface area contributed by atoms with E-state index in [1.165, 1.54) is 0 Å². The van der Waals surface area contributed by atoms with Crippen molar-refractivity contribution in [1.82, 2.24) is 5.32 Å². The first kappa shape index (κ1) is 14.7. The third-order valence-electron chi connectivity index (χ3n) is 2.82. The maximum Gasteiger partial charge on any atom is 0.152 e. The van der Waals surface area contributed by atoms with Crippen molar-refractivity contribution in [3.8, 4) is 5.75 Å². The maximum absolute atomic E-state index is 12.1. The zero-order valence-corrected chi connectivity index (χ0v) is 11.6. The molecule has 0 aromatic heterocycles. The Labute approximate surface area is 109 Å². The lowest BCUT2D eigenvalue weighted by Gasteiger charge is -2.22. The molecule has 1 aromatic rings. The highest BCUT2D eigenvalue weighted by Gasteiger charge is 2.21. The molecule has 3 heteroatoms. The van der Waals surface area contributed by atoms with Gasteiger partial charge in [0, 0.05) is 12.0 Å². The Morgan fingerprint density at radius 3 is 2.17 bits per heavy atom. The molecule has 2 N–H and O–H groups in total. The Kier molecular flexibility index (Phi) is 5.35. The first-order chi connectivity index (χ1) is 8.40. The number of benzene rings is 1. The number of aromatic hydroxyl groups is 1. The minimum Gasteiger partial charge on any atom is -0.508 e. The van der Waals surface area contributed by atoms with Gasteiger partial charge in [0.15, 0.2) is 5.78 Å². The van der Waals surface area contributed by atoms with Crippen LogP contribution in [0.25, 0.3) is 0 Å². The first-order valence-electron chi connectivity index (χ1n) is 6.48. The second-order valence-corrected chi connectivity index (χ2v) is 5.30. The van der Waals surface area contributed by atoms with Gasteiger partial charge in [-0.3, -0.25) is 4.79 Å². The fourth-order valence-corrected chi connectivity index (χ4v) is 1.91. The van der Waals surface area contributed by atoms with Gasteiger partial charge in [0.2, 0.25) is 0 Å². The minimum absolute atomic E-state index is 0.0263. The molecule has 0 aliphatic carbocycles. The highest BCUT2D eigenvalue weighted by atomic mass is 16.3. The van der Waals surface area contributed by atoms with Gasteiger partial charge in [0.25, 0.3) is 0 Å². The predicted molar refractivity (Wildman–Crippen MR) is 73.7 cm³/mol. The Morgan fingerprint density at radius 2 is 1.72 bits per heavy atom. The molecular weight excluding hydrogens is 226 g/mol. The second-order valence-electron chi connectivity index (χ2n) is 5.30. The number of rotatable bonds is 6. The normalized spacial score (nSPS) is 13.0. The van der Waals surface area contributed by atoms with E-state index in [9.17, 15) is 9.90 Å². The van der Waals surface area contributed by atoms with Crippen LogP contribution in [0.3, 0.4) is 0 Å². The number of ketones is 1. The van der Waals surface area contributed by atoms with E-state index in [1.54, 1.807) is 12.1 Å². The average Bonchev–Trinajstić information content (AvgIpc) is 2.29. The van der Waals surface area contributed by atoms with Crippen LogP contribution in [0, 0.1) is 5.92 Å². The molecular formula is C15H23NO2. The predicted octanol–water partition coefficient (Wildman–Crippen LogP) is 2.53. The molecule has 0 fully saturated rings. The van der Waals surface area contributed by atoms with Gasteiger partial charge < -0.3 is 10.4 Å². The molecule has 1 atom stereocenters. The molecule has 1 rings (SSSR count). The third kappa shape index (κ3) is 4.49. The van der Waals surface area contributed by atoms with E-state index < -0.39 is 0 Å². The third-order valence-corrected chi connectivity index (χ3v) is 2.82. The van der Waals surface area contributed by atoms with Crippen LogP contribution in [0.15, 0.2) is 24.3 Å². The largest absolute Gasteiger partial charge is 0.508 e. The van der Waals surface area contributed by atoms with E-state index in [4.69, 9.17) is 0 Å². The molecule has 0 bridgehead atoms. The lowest BCUT2D eigenvalue weighted by Crippen LogP contribution is -2.44. The number of hydrogen-bond donors (Lipinski definition) is 2. The van der Waals surface area contributed by atoms with Crippen molar-refractivity contribution in [3.63, 3.8) is 0 Å². The summed E-state index contributed by atoms with van der Waals surface area (Å²) >= 11 is 0. The van der Waals surface area contributed by atoms with Crippen molar-refractivity contribution >= 4 is 5.78 Å². The summed E-state index contributed by atoms with van der Waals surface area (Å²) in [6, 6.07) is 7.14. The van der Waals surface area contributed by atoms with Crippen molar-refractivity contribution in [2.45, 2.75) is 46.2 Å². The number of phenols is 1. The molecule has 18 heavy (non-hydrogen) atoms. The first-order valence-corrected chi connectivity index (χ1v) is 6.48. The molecule has 0 spiro atoms. The SMILES string of the molecule is CC(C)NC(Cc1ccc(O)cc1)C(=O)C(C)C. The van der Waals surface area contributed by atoms with Gasteiger partial charge in [-0.15, -0.1) is 0 Å². The summed E-state index contributed by atoms with van der Waals surface area (Å²) in [5.41, 5.74) is 1.06. The molecule has 100 valence electrons. The molecule has 0 radical (unpaired) electrons. The van der Waals surface area contributed by atoms with E-state index in [-0.39, 0.29) is 29.5 Å². The summed E-state index contributed by atoms with van der Waals surface area (Å²) in [7, 11) is 0. The zero-order valence-electron chi connectivity index (χ0n) is 11.6. The standard InChI is InChI=1S/C15H23NO2/c1-10(2)15(18)14(16-11(3)4)9-12-5-7-13(17)8-6-12/h5-8,10-11,14,16-17H,9H2,1-4H3. The quantitative estimate of drug-likeness (QED) is 0.814. The number of nitrogens with one attached hydrogen (secondary N) is 1.